The molecule has 3 aromatic rings. The monoisotopic (exact) mass is 579 g/mol. The van der Waals surface area contributed by atoms with Gasteiger partial charge in [0.15, 0.2) is 0 Å². The first kappa shape index (κ1) is 30.2. The van der Waals surface area contributed by atoms with E-state index >= 15 is 0 Å². The minimum atomic E-state index is -4.16. The van der Waals surface area contributed by atoms with Gasteiger partial charge in [0.25, 0.3) is 10.0 Å². The molecule has 41 heavy (non-hydrogen) atoms. The van der Waals surface area contributed by atoms with Crippen molar-refractivity contribution in [3.63, 3.8) is 0 Å². The topological polar surface area (TPSA) is 86.8 Å². The Morgan fingerprint density at radius 3 is 2.27 bits per heavy atom. The predicted molar refractivity (Wildman–Crippen MR) is 158 cm³/mol. The molecule has 4 rings (SSSR count). The Kier molecular flexibility index (Phi) is 9.81. The lowest BCUT2D eigenvalue weighted by molar-refractivity contribution is -0.139. The van der Waals surface area contributed by atoms with Gasteiger partial charge in [0.05, 0.1) is 10.6 Å². The van der Waals surface area contributed by atoms with Crippen molar-refractivity contribution in [3.8, 4) is 0 Å². The van der Waals surface area contributed by atoms with Gasteiger partial charge in [-0.1, -0.05) is 67.8 Å². The first-order chi connectivity index (χ1) is 19.6. The van der Waals surface area contributed by atoms with Crippen molar-refractivity contribution in [2.75, 3.05) is 10.8 Å². The Hall–Kier alpha value is -3.72. The second kappa shape index (κ2) is 13.3. The van der Waals surface area contributed by atoms with Crippen molar-refractivity contribution in [1.82, 2.24) is 10.2 Å². The minimum Gasteiger partial charge on any atom is -0.352 e. The SMILES string of the molecule is Cc1cccc(N(CC(=O)N(Cc2ccccc2F)[C@H](C)C(=O)NC2CCCCC2)S(=O)(=O)c2ccccc2)c1C. The van der Waals surface area contributed by atoms with Crippen LogP contribution in [0.15, 0.2) is 77.7 Å². The molecule has 0 unspecified atom stereocenters. The maximum absolute atomic E-state index is 14.7. The van der Waals surface area contributed by atoms with Crippen LogP contribution in [-0.2, 0) is 26.2 Å². The number of rotatable bonds is 10. The largest absolute Gasteiger partial charge is 0.352 e. The summed E-state index contributed by atoms with van der Waals surface area (Å²) in [6.45, 7) is 4.54. The summed E-state index contributed by atoms with van der Waals surface area (Å²) in [6, 6.07) is 18.3. The summed E-state index contributed by atoms with van der Waals surface area (Å²) in [4.78, 5) is 28.8. The molecule has 0 saturated heterocycles. The average molecular weight is 580 g/mol. The molecule has 0 heterocycles. The summed E-state index contributed by atoms with van der Waals surface area (Å²) < 4.78 is 43.7. The Morgan fingerprint density at radius 1 is 0.927 bits per heavy atom. The molecule has 1 N–H and O–H groups in total. The fourth-order valence-corrected chi connectivity index (χ4v) is 6.69. The summed E-state index contributed by atoms with van der Waals surface area (Å²) in [5.74, 6) is -1.46. The van der Waals surface area contributed by atoms with Crippen molar-refractivity contribution in [2.24, 2.45) is 0 Å². The number of benzene rings is 3. The van der Waals surface area contributed by atoms with Crippen LogP contribution in [0.5, 0.6) is 0 Å². The summed E-state index contributed by atoms with van der Waals surface area (Å²) in [5, 5.41) is 3.05. The molecule has 0 bridgehead atoms. The maximum atomic E-state index is 14.7. The summed E-state index contributed by atoms with van der Waals surface area (Å²) >= 11 is 0. The van der Waals surface area contributed by atoms with Crippen molar-refractivity contribution in [2.45, 2.75) is 76.4 Å². The molecule has 1 saturated carbocycles. The number of halogens is 1. The summed E-state index contributed by atoms with van der Waals surface area (Å²) in [5.41, 5.74) is 2.19. The molecule has 1 fully saturated rings. The van der Waals surface area contributed by atoms with Crippen molar-refractivity contribution >= 4 is 27.5 Å². The highest BCUT2D eigenvalue weighted by atomic mass is 32.2. The molecule has 2 amide bonds. The number of aryl methyl sites for hydroxylation is 1. The van der Waals surface area contributed by atoms with Crippen LogP contribution in [0.1, 0.15) is 55.7 Å². The lowest BCUT2D eigenvalue weighted by Crippen LogP contribution is -2.53. The molecule has 218 valence electrons. The number of hydrogen-bond donors (Lipinski definition) is 1. The van der Waals surface area contributed by atoms with E-state index in [1.54, 1.807) is 62.4 Å². The number of sulfonamides is 1. The van der Waals surface area contributed by atoms with E-state index < -0.39 is 34.3 Å². The molecule has 1 atom stereocenters. The molecule has 1 aliphatic rings. The van der Waals surface area contributed by atoms with E-state index in [9.17, 15) is 22.4 Å². The van der Waals surface area contributed by atoms with E-state index in [0.29, 0.717) is 11.3 Å². The van der Waals surface area contributed by atoms with Crippen LogP contribution in [-0.4, -0.2) is 43.8 Å². The second-order valence-corrected chi connectivity index (χ2v) is 12.5. The third-order valence-corrected chi connectivity index (χ3v) is 9.65. The molecule has 3 aromatic carbocycles. The first-order valence-corrected chi connectivity index (χ1v) is 15.5. The Bertz CT molecular complexity index is 1470. The molecule has 0 radical (unpaired) electrons. The average Bonchev–Trinajstić information content (AvgIpc) is 2.97. The number of nitrogens with one attached hydrogen (secondary N) is 1. The van der Waals surface area contributed by atoms with Crippen LogP contribution in [0, 0.1) is 19.7 Å². The highest BCUT2D eigenvalue weighted by molar-refractivity contribution is 7.92. The van der Waals surface area contributed by atoms with E-state index in [4.69, 9.17) is 0 Å². The van der Waals surface area contributed by atoms with Gasteiger partial charge in [0.2, 0.25) is 11.8 Å². The van der Waals surface area contributed by atoms with Gasteiger partial charge in [-0.25, -0.2) is 12.8 Å². The molecule has 7 nitrogen and oxygen atoms in total. The van der Waals surface area contributed by atoms with Crippen LogP contribution >= 0.6 is 0 Å². The second-order valence-electron chi connectivity index (χ2n) is 10.7. The quantitative estimate of drug-likeness (QED) is 0.344. The fraction of sp³-hybridized carbons (Fsp3) is 0.375. The lowest BCUT2D eigenvalue weighted by atomic mass is 9.95. The number of nitrogens with zero attached hydrogens (tertiary/aromatic N) is 2. The Morgan fingerprint density at radius 2 is 1.59 bits per heavy atom. The highest BCUT2D eigenvalue weighted by Crippen LogP contribution is 2.29. The normalized spacial score (nSPS) is 14.7. The van der Waals surface area contributed by atoms with Crippen molar-refractivity contribution in [1.29, 1.82) is 0 Å². The van der Waals surface area contributed by atoms with Gasteiger partial charge < -0.3 is 10.2 Å². The number of amides is 2. The Labute approximate surface area is 242 Å². The van der Waals surface area contributed by atoms with Gasteiger partial charge in [0, 0.05) is 18.2 Å². The molecular formula is C32H38FN3O4S. The Balaban J connectivity index is 1.71. The zero-order chi connectivity index (χ0) is 29.6. The van der Waals surface area contributed by atoms with Gasteiger partial charge in [-0.15, -0.1) is 0 Å². The van der Waals surface area contributed by atoms with E-state index in [1.807, 2.05) is 13.0 Å². The zero-order valence-corrected chi connectivity index (χ0v) is 24.7. The lowest BCUT2D eigenvalue weighted by Gasteiger charge is -2.33. The summed E-state index contributed by atoms with van der Waals surface area (Å²) in [7, 11) is -4.16. The summed E-state index contributed by atoms with van der Waals surface area (Å²) in [6.07, 6.45) is 4.92. The third kappa shape index (κ3) is 7.14. The molecule has 0 spiro atoms. The molecule has 1 aliphatic carbocycles. The standard InChI is InChI=1S/C32H38FN3O4S/c1-23-13-12-20-30(24(23)2)36(41(39,40)28-17-8-5-9-18-28)22-31(37)35(21-26-14-10-11-19-29(26)33)25(3)32(38)34-27-15-6-4-7-16-27/h5,8-14,17-20,25,27H,4,6-7,15-16,21-22H2,1-3H3,(H,34,38)/t25-/m1/s1. The predicted octanol–water partition coefficient (Wildman–Crippen LogP) is 5.50. The van der Waals surface area contributed by atoms with Crippen LogP contribution in [0.3, 0.4) is 0 Å². The zero-order valence-electron chi connectivity index (χ0n) is 23.8. The number of carbonyl (C=O) groups is 2. The first-order valence-electron chi connectivity index (χ1n) is 14.1. The van der Waals surface area contributed by atoms with Gasteiger partial charge in [-0.2, -0.15) is 0 Å². The van der Waals surface area contributed by atoms with Gasteiger partial charge in [-0.3, -0.25) is 13.9 Å². The smallest absolute Gasteiger partial charge is 0.264 e. The number of hydrogen-bond acceptors (Lipinski definition) is 4. The molecule has 9 heteroatoms. The van der Waals surface area contributed by atoms with Crippen LogP contribution in [0.25, 0.3) is 0 Å². The maximum Gasteiger partial charge on any atom is 0.264 e. The minimum absolute atomic E-state index is 0.0222. The molecule has 0 aromatic heterocycles. The highest BCUT2D eigenvalue weighted by Gasteiger charge is 2.34. The van der Waals surface area contributed by atoms with Gasteiger partial charge in [-0.05, 0) is 69.0 Å². The van der Waals surface area contributed by atoms with Crippen molar-refractivity contribution in [3.05, 3.63) is 95.3 Å². The van der Waals surface area contributed by atoms with E-state index in [1.165, 1.54) is 23.1 Å². The fourth-order valence-electron chi connectivity index (χ4n) is 5.20. The van der Waals surface area contributed by atoms with E-state index in [-0.39, 0.29) is 29.0 Å². The van der Waals surface area contributed by atoms with Crippen molar-refractivity contribution < 1.29 is 22.4 Å². The third-order valence-electron chi connectivity index (χ3n) is 7.87. The van der Waals surface area contributed by atoms with Crippen LogP contribution in [0.4, 0.5) is 10.1 Å². The van der Waals surface area contributed by atoms with E-state index in [2.05, 4.69) is 5.32 Å². The van der Waals surface area contributed by atoms with E-state index in [0.717, 1.165) is 42.0 Å². The van der Waals surface area contributed by atoms with Crippen LogP contribution in [0.2, 0.25) is 0 Å². The van der Waals surface area contributed by atoms with Gasteiger partial charge in [0.1, 0.15) is 18.4 Å². The molecule has 0 aliphatic heterocycles. The number of carbonyl (C=O) groups excluding carboxylic acids is 2. The number of anilines is 1. The van der Waals surface area contributed by atoms with Gasteiger partial charge >= 0.3 is 0 Å². The van der Waals surface area contributed by atoms with Crippen LogP contribution < -0.4 is 9.62 Å². The molecular weight excluding hydrogens is 541 g/mol.